The predicted octanol–water partition coefficient (Wildman–Crippen LogP) is 1.98. The molecule has 1 aromatic rings. The minimum absolute atomic E-state index is 0.0577. The molecule has 0 aromatic heterocycles. The number of rotatable bonds is 5. The summed E-state index contributed by atoms with van der Waals surface area (Å²) in [6.07, 6.45) is 1.65. The lowest BCUT2D eigenvalue weighted by atomic mass is 10.0. The van der Waals surface area contributed by atoms with Gasteiger partial charge >= 0.3 is 5.97 Å². The average molecular weight is 389 g/mol. The number of carbonyl (C=O) groups is 2. The molecule has 0 saturated carbocycles. The van der Waals surface area contributed by atoms with Gasteiger partial charge < -0.3 is 20.1 Å². The number of nitrogens with two attached hydrogens (primary N) is 1. The smallest absolute Gasteiger partial charge is 0.306 e. The zero-order valence-corrected chi connectivity index (χ0v) is 17.1. The first-order valence-electron chi connectivity index (χ1n) is 9.96. The Kier molecular flexibility index (Phi) is 6.25. The summed E-state index contributed by atoms with van der Waals surface area (Å²) < 4.78 is 10.9. The van der Waals surface area contributed by atoms with Gasteiger partial charge in [0, 0.05) is 43.5 Å². The van der Waals surface area contributed by atoms with Gasteiger partial charge in [0.2, 0.25) is 5.91 Å². The molecule has 7 heteroatoms. The zero-order valence-electron chi connectivity index (χ0n) is 17.1. The van der Waals surface area contributed by atoms with Gasteiger partial charge in [-0.15, -0.1) is 0 Å². The highest BCUT2D eigenvalue weighted by Crippen LogP contribution is 2.29. The number of hydrogen-bond acceptors (Lipinski definition) is 6. The van der Waals surface area contributed by atoms with Gasteiger partial charge in [0.25, 0.3) is 0 Å². The Morgan fingerprint density at radius 3 is 2.75 bits per heavy atom. The monoisotopic (exact) mass is 389 g/mol. The van der Waals surface area contributed by atoms with E-state index in [1.54, 1.807) is 4.90 Å². The molecule has 1 amide bonds. The lowest BCUT2D eigenvalue weighted by molar-refractivity contribution is -0.154. The molecule has 2 saturated heterocycles. The van der Waals surface area contributed by atoms with E-state index in [2.05, 4.69) is 4.90 Å². The van der Waals surface area contributed by atoms with Crippen LogP contribution in [0.3, 0.4) is 0 Å². The maximum Gasteiger partial charge on any atom is 0.306 e. The number of nitrogen functional groups attached to an aromatic ring is 1. The molecule has 0 radical (unpaired) electrons. The van der Waals surface area contributed by atoms with Crippen LogP contribution >= 0.6 is 0 Å². The van der Waals surface area contributed by atoms with Gasteiger partial charge in [0.05, 0.1) is 13.2 Å². The van der Waals surface area contributed by atoms with Crippen LogP contribution in [-0.4, -0.2) is 61.3 Å². The third kappa shape index (κ3) is 5.02. The van der Waals surface area contributed by atoms with Gasteiger partial charge in [0.15, 0.2) is 0 Å². The standard InChI is InChI=1S/C21H31N3O4/c1-21(2,3)28-20(26)8-7-16-17(22)5-4-6-18(16)24-11-10-23(13-19(24)25)15-9-12-27-14-15/h4-6,15H,7-14,22H2,1-3H3/t15-/m0/s1. The lowest BCUT2D eigenvalue weighted by Gasteiger charge is -2.37. The number of carbonyl (C=O) groups excluding carboxylic acids is 2. The van der Waals surface area contributed by atoms with E-state index in [4.69, 9.17) is 15.2 Å². The summed E-state index contributed by atoms with van der Waals surface area (Å²) in [5, 5.41) is 0. The first-order valence-corrected chi connectivity index (χ1v) is 9.96. The first kappa shape index (κ1) is 20.6. The molecule has 1 atom stereocenters. The van der Waals surface area contributed by atoms with Crippen LogP contribution in [0.4, 0.5) is 11.4 Å². The number of amides is 1. The third-order valence-corrected chi connectivity index (χ3v) is 5.15. The van der Waals surface area contributed by atoms with E-state index < -0.39 is 5.60 Å². The van der Waals surface area contributed by atoms with Crippen LogP contribution in [0.15, 0.2) is 18.2 Å². The first-order chi connectivity index (χ1) is 13.2. The predicted molar refractivity (Wildman–Crippen MR) is 108 cm³/mol. The van der Waals surface area contributed by atoms with Crippen molar-refractivity contribution < 1.29 is 19.1 Å². The molecular formula is C21H31N3O4. The Morgan fingerprint density at radius 1 is 1.32 bits per heavy atom. The van der Waals surface area contributed by atoms with Gasteiger partial charge in [-0.25, -0.2) is 0 Å². The normalized spacial score (nSPS) is 21.2. The van der Waals surface area contributed by atoms with Crippen LogP contribution in [0.25, 0.3) is 0 Å². The zero-order chi connectivity index (χ0) is 20.3. The Labute approximate surface area is 166 Å². The highest BCUT2D eigenvalue weighted by Gasteiger charge is 2.32. The molecule has 0 spiro atoms. The van der Waals surface area contributed by atoms with Crippen molar-refractivity contribution in [2.75, 3.05) is 43.5 Å². The lowest BCUT2D eigenvalue weighted by Crippen LogP contribution is -2.54. The fourth-order valence-electron chi connectivity index (χ4n) is 3.80. The summed E-state index contributed by atoms with van der Waals surface area (Å²) in [5.74, 6) is -0.207. The van der Waals surface area contributed by atoms with Crippen molar-refractivity contribution in [3.63, 3.8) is 0 Å². The number of hydrogen-bond donors (Lipinski definition) is 1. The van der Waals surface area contributed by atoms with E-state index in [1.807, 2.05) is 39.0 Å². The molecule has 2 heterocycles. The van der Waals surface area contributed by atoms with Crippen molar-refractivity contribution in [2.24, 2.45) is 0 Å². The molecule has 3 rings (SSSR count). The van der Waals surface area contributed by atoms with Crippen LogP contribution in [0.5, 0.6) is 0 Å². The topological polar surface area (TPSA) is 85.1 Å². The summed E-state index contributed by atoms with van der Waals surface area (Å²) in [7, 11) is 0. The van der Waals surface area contributed by atoms with Crippen molar-refractivity contribution in [2.45, 2.75) is 51.7 Å². The van der Waals surface area contributed by atoms with Gasteiger partial charge in [-0.2, -0.15) is 0 Å². The second-order valence-electron chi connectivity index (χ2n) is 8.46. The minimum atomic E-state index is -0.515. The number of anilines is 2. The van der Waals surface area contributed by atoms with Gasteiger partial charge in [-0.3, -0.25) is 14.5 Å². The Hall–Kier alpha value is -2.12. The van der Waals surface area contributed by atoms with Crippen molar-refractivity contribution >= 4 is 23.3 Å². The highest BCUT2D eigenvalue weighted by molar-refractivity contribution is 5.97. The second-order valence-corrected chi connectivity index (χ2v) is 8.46. The second kappa shape index (κ2) is 8.49. The average Bonchev–Trinajstić information content (AvgIpc) is 3.13. The number of esters is 1. The largest absolute Gasteiger partial charge is 0.460 e. The van der Waals surface area contributed by atoms with Gasteiger partial charge in [-0.05, 0) is 51.3 Å². The Bertz CT molecular complexity index is 723. The number of benzene rings is 1. The van der Waals surface area contributed by atoms with Crippen molar-refractivity contribution in [1.82, 2.24) is 4.90 Å². The maximum absolute atomic E-state index is 12.9. The van der Waals surface area contributed by atoms with Crippen molar-refractivity contribution in [3.8, 4) is 0 Å². The molecule has 2 aliphatic rings. The molecular weight excluding hydrogens is 358 g/mol. The van der Waals surface area contributed by atoms with Crippen molar-refractivity contribution in [3.05, 3.63) is 23.8 Å². The molecule has 1 aromatic carbocycles. The summed E-state index contributed by atoms with van der Waals surface area (Å²) in [4.78, 5) is 29.0. The number of piperazine rings is 1. The Balaban J connectivity index is 1.69. The molecule has 2 fully saturated rings. The van der Waals surface area contributed by atoms with Crippen LogP contribution in [0, 0.1) is 0 Å². The summed E-state index contributed by atoms with van der Waals surface area (Å²) in [6.45, 7) is 8.81. The van der Waals surface area contributed by atoms with E-state index in [0.717, 1.165) is 30.8 Å². The highest BCUT2D eigenvalue weighted by atomic mass is 16.6. The van der Waals surface area contributed by atoms with Crippen LogP contribution in [0.2, 0.25) is 0 Å². The van der Waals surface area contributed by atoms with Gasteiger partial charge in [0.1, 0.15) is 5.60 Å². The minimum Gasteiger partial charge on any atom is -0.460 e. The fourth-order valence-corrected chi connectivity index (χ4v) is 3.80. The molecule has 2 N–H and O–H groups in total. The van der Waals surface area contributed by atoms with E-state index in [0.29, 0.717) is 37.8 Å². The molecule has 0 aliphatic carbocycles. The van der Waals surface area contributed by atoms with E-state index >= 15 is 0 Å². The molecule has 7 nitrogen and oxygen atoms in total. The number of nitrogens with zero attached hydrogens (tertiary/aromatic N) is 2. The molecule has 28 heavy (non-hydrogen) atoms. The Morgan fingerprint density at radius 2 is 2.11 bits per heavy atom. The molecule has 2 aliphatic heterocycles. The molecule has 154 valence electrons. The maximum atomic E-state index is 12.9. The summed E-state index contributed by atoms with van der Waals surface area (Å²) >= 11 is 0. The fraction of sp³-hybridized carbons (Fsp3) is 0.619. The van der Waals surface area contributed by atoms with Crippen LogP contribution < -0.4 is 10.6 Å². The van der Waals surface area contributed by atoms with Crippen molar-refractivity contribution in [1.29, 1.82) is 0 Å². The SMILES string of the molecule is CC(C)(C)OC(=O)CCc1c(N)cccc1N1CCN([C@H]2CCOC2)CC1=O. The quantitative estimate of drug-likeness (QED) is 0.612. The van der Waals surface area contributed by atoms with E-state index in [1.165, 1.54) is 0 Å². The third-order valence-electron chi connectivity index (χ3n) is 5.15. The summed E-state index contributed by atoms with van der Waals surface area (Å²) in [5.41, 5.74) is 7.91. The molecule has 0 unspecified atom stereocenters. The van der Waals surface area contributed by atoms with Crippen LogP contribution in [0.1, 0.15) is 39.2 Å². The van der Waals surface area contributed by atoms with E-state index in [9.17, 15) is 9.59 Å². The van der Waals surface area contributed by atoms with E-state index in [-0.39, 0.29) is 18.3 Å². The molecule has 0 bridgehead atoms. The summed E-state index contributed by atoms with van der Waals surface area (Å²) in [6, 6.07) is 5.91. The van der Waals surface area contributed by atoms with Crippen LogP contribution in [-0.2, 0) is 25.5 Å². The number of ether oxygens (including phenoxy) is 2. The van der Waals surface area contributed by atoms with Gasteiger partial charge in [-0.1, -0.05) is 6.07 Å².